The summed E-state index contributed by atoms with van der Waals surface area (Å²) >= 11 is 3.29. The van der Waals surface area contributed by atoms with E-state index in [1.54, 1.807) is 22.7 Å². The van der Waals surface area contributed by atoms with E-state index in [9.17, 15) is 4.79 Å². The smallest absolute Gasteiger partial charge is 0.225 e. The summed E-state index contributed by atoms with van der Waals surface area (Å²) in [5.41, 5.74) is 0. The molecule has 0 aliphatic rings. The molecule has 0 radical (unpaired) electrons. The Morgan fingerprint density at radius 1 is 1.31 bits per heavy atom. The topological polar surface area (TPSA) is 29.1 Å². The molecule has 0 aliphatic carbocycles. The van der Waals surface area contributed by atoms with Gasteiger partial charge in [0.15, 0.2) is 0 Å². The molecule has 2 rings (SSSR count). The van der Waals surface area contributed by atoms with E-state index in [2.05, 4.69) is 5.32 Å². The van der Waals surface area contributed by atoms with Crippen molar-refractivity contribution in [2.45, 2.75) is 19.4 Å². The summed E-state index contributed by atoms with van der Waals surface area (Å²) in [6.07, 6.45) is 0.480. The summed E-state index contributed by atoms with van der Waals surface area (Å²) in [7, 11) is 0. The lowest BCUT2D eigenvalue weighted by Gasteiger charge is -2.11. The van der Waals surface area contributed by atoms with Gasteiger partial charge < -0.3 is 5.32 Å². The summed E-state index contributed by atoms with van der Waals surface area (Å²) in [5, 5.41) is 7.02. The minimum Gasteiger partial charge on any atom is -0.348 e. The van der Waals surface area contributed by atoms with Crippen molar-refractivity contribution in [3.8, 4) is 0 Å². The lowest BCUT2D eigenvalue weighted by atomic mass is 10.2. The Kier molecular flexibility index (Phi) is 3.74. The van der Waals surface area contributed by atoms with Crippen LogP contribution in [0.25, 0.3) is 0 Å². The van der Waals surface area contributed by atoms with E-state index in [1.807, 2.05) is 41.9 Å². The van der Waals surface area contributed by atoms with Crippen LogP contribution in [0.2, 0.25) is 0 Å². The molecule has 0 saturated carbocycles. The highest BCUT2D eigenvalue weighted by atomic mass is 32.1. The van der Waals surface area contributed by atoms with Gasteiger partial charge in [-0.05, 0) is 29.8 Å². The van der Waals surface area contributed by atoms with Crippen LogP contribution in [0.3, 0.4) is 0 Å². The summed E-state index contributed by atoms with van der Waals surface area (Å²) in [6.45, 7) is 2.01. The molecule has 1 N–H and O–H groups in total. The molecule has 2 aromatic rings. The molecule has 0 bridgehead atoms. The Bertz CT molecular complexity index is 434. The molecule has 0 aliphatic heterocycles. The van der Waals surface area contributed by atoms with Crippen molar-refractivity contribution < 1.29 is 4.79 Å². The molecule has 0 spiro atoms. The SMILES string of the molecule is C[C@H](NC(=O)Cc1cccs1)c1cccs1. The summed E-state index contributed by atoms with van der Waals surface area (Å²) in [4.78, 5) is 14.0. The predicted octanol–water partition coefficient (Wildman–Crippen LogP) is 3.23. The highest BCUT2D eigenvalue weighted by molar-refractivity contribution is 7.10. The molecule has 1 amide bonds. The molecular weight excluding hydrogens is 238 g/mol. The quantitative estimate of drug-likeness (QED) is 0.888. The van der Waals surface area contributed by atoms with Gasteiger partial charge in [0.1, 0.15) is 0 Å². The van der Waals surface area contributed by atoms with Gasteiger partial charge in [0.2, 0.25) is 5.91 Å². The summed E-state index contributed by atoms with van der Waals surface area (Å²) in [5.74, 6) is 0.0864. The molecular formula is C12H13NOS2. The third kappa shape index (κ3) is 2.93. The van der Waals surface area contributed by atoms with Gasteiger partial charge in [-0.3, -0.25) is 4.79 Å². The Balaban J connectivity index is 1.88. The van der Waals surface area contributed by atoms with Crippen molar-refractivity contribution in [3.63, 3.8) is 0 Å². The number of rotatable bonds is 4. The molecule has 0 aromatic carbocycles. The molecule has 16 heavy (non-hydrogen) atoms. The predicted molar refractivity (Wildman–Crippen MR) is 68.9 cm³/mol. The first kappa shape index (κ1) is 11.4. The fraction of sp³-hybridized carbons (Fsp3) is 0.250. The Morgan fingerprint density at radius 3 is 2.69 bits per heavy atom. The number of carbonyl (C=O) groups excluding carboxylic acids is 1. The van der Waals surface area contributed by atoms with Gasteiger partial charge in [-0.15, -0.1) is 22.7 Å². The van der Waals surface area contributed by atoms with Crippen LogP contribution < -0.4 is 5.32 Å². The Labute approximate surface area is 103 Å². The fourth-order valence-electron chi connectivity index (χ4n) is 1.47. The number of thiophene rings is 2. The van der Waals surface area contributed by atoms with Crippen LogP contribution in [0.5, 0.6) is 0 Å². The number of hydrogen-bond acceptors (Lipinski definition) is 3. The number of nitrogens with one attached hydrogen (secondary N) is 1. The monoisotopic (exact) mass is 251 g/mol. The zero-order chi connectivity index (χ0) is 11.4. The zero-order valence-corrected chi connectivity index (χ0v) is 10.6. The first-order valence-corrected chi connectivity index (χ1v) is 6.87. The van der Waals surface area contributed by atoms with Gasteiger partial charge in [-0.2, -0.15) is 0 Å². The second-order valence-corrected chi connectivity index (χ2v) is 5.57. The molecule has 0 fully saturated rings. The second-order valence-electron chi connectivity index (χ2n) is 3.56. The highest BCUT2D eigenvalue weighted by Gasteiger charge is 2.10. The van der Waals surface area contributed by atoms with Crippen molar-refractivity contribution in [2.75, 3.05) is 0 Å². The van der Waals surface area contributed by atoms with E-state index in [0.29, 0.717) is 6.42 Å². The number of hydrogen-bond donors (Lipinski definition) is 1. The van der Waals surface area contributed by atoms with E-state index >= 15 is 0 Å². The molecule has 0 unspecified atom stereocenters. The van der Waals surface area contributed by atoms with Crippen LogP contribution in [0, 0.1) is 0 Å². The van der Waals surface area contributed by atoms with E-state index in [-0.39, 0.29) is 11.9 Å². The lowest BCUT2D eigenvalue weighted by molar-refractivity contribution is -0.121. The molecule has 2 nitrogen and oxygen atoms in total. The van der Waals surface area contributed by atoms with Gasteiger partial charge in [0, 0.05) is 9.75 Å². The van der Waals surface area contributed by atoms with E-state index in [0.717, 1.165) is 4.88 Å². The van der Waals surface area contributed by atoms with Crippen LogP contribution >= 0.6 is 22.7 Å². The maximum Gasteiger partial charge on any atom is 0.225 e. The lowest BCUT2D eigenvalue weighted by Crippen LogP contribution is -2.27. The fourth-order valence-corrected chi connectivity index (χ4v) is 2.91. The maximum absolute atomic E-state index is 11.7. The van der Waals surface area contributed by atoms with Gasteiger partial charge in [-0.1, -0.05) is 12.1 Å². The van der Waals surface area contributed by atoms with Crippen LogP contribution in [0.15, 0.2) is 35.0 Å². The largest absolute Gasteiger partial charge is 0.348 e. The normalized spacial score (nSPS) is 12.3. The van der Waals surface area contributed by atoms with E-state index in [4.69, 9.17) is 0 Å². The third-order valence-electron chi connectivity index (χ3n) is 2.26. The second kappa shape index (κ2) is 5.27. The van der Waals surface area contributed by atoms with E-state index < -0.39 is 0 Å². The van der Waals surface area contributed by atoms with Crippen LogP contribution in [0.1, 0.15) is 22.7 Å². The van der Waals surface area contributed by atoms with Gasteiger partial charge >= 0.3 is 0 Å². The number of amides is 1. The maximum atomic E-state index is 11.7. The van der Waals surface area contributed by atoms with Crippen LogP contribution in [-0.2, 0) is 11.2 Å². The molecule has 4 heteroatoms. The van der Waals surface area contributed by atoms with Gasteiger partial charge in [0.05, 0.1) is 12.5 Å². The molecule has 1 atom stereocenters. The Morgan fingerprint density at radius 2 is 2.06 bits per heavy atom. The standard InChI is InChI=1S/C12H13NOS2/c1-9(11-5-3-7-16-11)13-12(14)8-10-4-2-6-15-10/h2-7,9H,8H2,1H3,(H,13,14)/t9-/m0/s1. The van der Waals surface area contributed by atoms with Crippen LogP contribution in [0.4, 0.5) is 0 Å². The first-order chi connectivity index (χ1) is 7.75. The molecule has 0 saturated heterocycles. The van der Waals surface area contributed by atoms with Crippen molar-refractivity contribution in [1.29, 1.82) is 0 Å². The first-order valence-electron chi connectivity index (χ1n) is 5.11. The van der Waals surface area contributed by atoms with Crippen molar-refractivity contribution >= 4 is 28.6 Å². The summed E-state index contributed by atoms with van der Waals surface area (Å²) < 4.78 is 0. The van der Waals surface area contributed by atoms with Gasteiger partial charge in [-0.25, -0.2) is 0 Å². The van der Waals surface area contributed by atoms with Crippen LogP contribution in [-0.4, -0.2) is 5.91 Å². The molecule has 2 heterocycles. The van der Waals surface area contributed by atoms with E-state index in [1.165, 1.54) is 4.88 Å². The van der Waals surface area contributed by atoms with Crippen molar-refractivity contribution in [2.24, 2.45) is 0 Å². The summed E-state index contributed by atoms with van der Waals surface area (Å²) in [6, 6.07) is 8.10. The van der Waals surface area contributed by atoms with Crippen molar-refractivity contribution in [3.05, 3.63) is 44.8 Å². The zero-order valence-electron chi connectivity index (χ0n) is 8.97. The highest BCUT2D eigenvalue weighted by Crippen LogP contribution is 2.18. The number of carbonyl (C=O) groups is 1. The minimum absolute atomic E-state index is 0.0864. The Hall–Kier alpha value is -1.13. The minimum atomic E-state index is 0.0864. The molecule has 84 valence electrons. The van der Waals surface area contributed by atoms with Gasteiger partial charge in [0.25, 0.3) is 0 Å². The third-order valence-corrected chi connectivity index (χ3v) is 4.19. The molecule has 2 aromatic heterocycles. The average Bonchev–Trinajstić information content (AvgIpc) is 2.88. The average molecular weight is 251 g/mol. The van der Waals surface area contributed by atoms with Crippen molar-refractivity contribution in [1.82, 2.24) is 5.32 Å².